The van der Waals surface area contributed by atoms with Crippen molar-refractivity contribution in [3.63, 3.8) is 0 Å². The summed E-state index contributed by atoms with van der Waals surface area (Å²) in [5.74, 6) is 0.347. The van der Waals surface area contributed by atoms with Crippen LogP contribution in [0.25, 0.3) is 0 Å². The maximum Gasteiger partial charge on any atom is 0.408 e. The number of carbonyl (C=O) groups is 1. The van der Waals surface area contributed by atoms with Crippen molar-refractivity contribution in [3.8, 4) is 0 Å². The lowest BCUT2D eigenvalue weighted by Gasteiger charge is -2.37. The van der Waals surface area contributed by atoms with Gasteiger partial charge in [0.2, 0.25) is 0 Å². The van der Waals surface area contributed by atoms with Crippen LogP contribution >= 0.6 is 0 Å². The van der Waals surface area contributed by atoms with E-state index < -0.39 is 30.3 Å². The number of ether oxygens (including phenoxy) is 1. The average molecular weight is 409 g/mol. The van der Waals surface area contributed by atoms with Crippen LogP contribution < -0.4 is 5.32 Å². The van der Waals surface area contributed by atoms with E-state index in [1.807, 2.05) is 37.3 Å². The number of alkyl halides is 3. The normalized spacial score (nSPS) is 22.1. The van der Waals surface area contributed by atoms with Gasteiger partial charge in [0.1, 0.15) is 11.4 Å². The molecule has 8 heteroatoms. The summed E-state index contributed by atoms with van der Waals surface area (Å²) in [5, 5.41) is 2.80. The summed E-state index contributed by atoms with van der Waals surface area (Å²) in [6.07, 6.45) is -4.24. The molecule has 5 nitrogen and oxygen atoms in total. The number of carbonyl (C=O) groups excluding carboxylic acids is 1. The molecule has 0 bridgehead atoms. The van der Waals surface area contributed by atoms with Gasteiger partial charge < -0.3 is 14.6 Å². The smallest absolute Gasteiger partial charge is 0.408 e. The monoisotopic (exact) mass is 409 g/mol. The first kappa shape index (κ1) is 21.2. The molecular weight excluding hydrogens is 383 g/mol. The summed E-state index contributed by atoms with van der Waals surface area (Å²) in [5.41, 5.74) is 0.423. The number of halogens is 3. The molecule has 1 aromatic carbocycles. The van der Waals surface area contributed by atoms with Crippen molar-refractivity contribution in [3.05, 3.63) is 53.6 Å². The largest absolute Gasteiger partial charge is 0.444 e. The van der Waals surface area contributed by atoms with Crippen LogP contribution in [0.1, 0.15) is 69.2 Å². The quantitative estimate of drug-likeness (QED) is 0.748. The molecule has 3 atom stereocenters. The Morgan fingerprint density at radius 3 is 2.48 bits per heavy atom. The minimum absolute atomic E-state index is 0.0789. The molecule has 0 fully saturated rings. The van der Waals surface area contributed by atoms with E-state index in [-0.39, 0.29) is 17.7 Å². The summed E-state index contributed by atoms with van der Waals surface area (Å²) < 4.78 is 46.3. The summed E-state index contributed by atoms with van der Waals surface area (Å²) in [6.45, 7) is 7.16. The van der Waals surface area contributed by atoms with Crippen molar-refractivity contribution >= 4 is 6.09 Å². The number of rotatable bonds is 3. The lowest BCUT2D eigenvalue weighted by Crippen LogP contribution is -2.40. The number of hydrogen-bond donors (Lipinski definition) is 1. The predicted octanol–water partition coefficient (Wildman–Crippen LogP) is 5.30. The Hall–Kier alpha value is -2.51. The summed E-state index contributed by atoms with van der Waals surface area (Å²) in [4.78, 5) is 16.6. The van der Waals surface area contributed by atoms with E-state index in [1.54, 1.807) is 25.3 Å². The van der Waals surface area contributed by atoms with Crippen LogP contribution in [0.5, 0.6) is 0 Å². The second kappa shape index (κ2) is 7.72. The zero-order chi connectivity index (χ0) is 21.4. The third-order valence-electron chi connectivity index (χ3n) is 4.99. The molecular formula is C21H26F3N3O2. The summed E-state index contributed by atoms with van der Waals surface area (Å²) >= 11 is 0. The lowest BCUT2D eigenvalue weighted by molar-refractivity contribution is -0.128. The molecule has 3 rings (SSSR count). The second-order valence-corrected chi connectivity index (χ2v) is 8.46. The van der Waals surface area contributed by atoms with Gasteiger partial charge in [0.15, 0.2) is 0 Å². The van der Waals surface area contributed by atoms with Crippen molar-refractivity contribution < 1.29 is 22.7 Å². The zero-order valence-electron chi connectivity index (χ0n) is 17.0. The third-order valence-corrected chi connectivity index (χ3v) is 4.99. The van der Waals surface area contributed by atoms with Crippen LogP contribution in [0, 0.1) is 0 Å². The fourth-order valence-corrected chi connectivity index (χ4v) is 3.90. The summed E-state index contributed by atoms with van der Waals surface area (Å²) in [6, 6.07) is 8.83. The molecule has 1 aromatic heterocycles. The van der Waals surface area contributed by atoms with Gasteiger partial charge in [0, 0.05) is 23.9 Å². The molecule has 2 heterocycles. The molecule has 158 valence electrons. The fourth-order valence-electron chi connectivity index (χ4n) is 3.90. The molecule has 1 aliphatic heterocycles. The Labute approximate surface area is 168 Å². The van der Waals surface area contributed by atoms with Crippen LogP contribution in [0.3, 0.4) is 0 Å². The Balaban J connectivity index is 1.97. The van der Waals surface area contributed by atoms with Gasteiger partial charge in [-0.3, -0.25) is 0 Å². The molecule has 1 N–H and O–H groups in total. The number of nitrogens with zero attached hydrogens (tertiary/aromatic N) is 2. The van der Waals surface area contributed by atoms with Gasteiger partial charge in [0.25, 0.3) is 0 Å². The van der Waals surface area contributed by atoms with Gasteiger partial charge in [-0.1, -0.05) is 30.3 Å². The molecule has 29 heavy (non-hydrogen) atoms. The number of fused-ring (bicyclic) bond motifs is 1. The van der Waals surface area contributed by atoms with Crippen LogP contribution in [0.4, 0.5) is 18.0 Å². The Bertz CT molecular complexity index is 856. The van der Waals surface area contributed by atoms with Crippen molar-refractivity contribution in [2.75, 3.05) is 0 Å². The Kier molecular flexibility index (Phi) is 5.65. The molecule has 0 unspecified atom stereocenters. The van der Waals surface area contributed by atoms with E-state index in [1.165, 1.54) is 6.20 Å². The van der Waals surface area contributed by atoms with E-state index in [0.29, 0.717) is 12.2 Å². The molecule has 0 aliphatic carbocycles. The Morgan fingerprint density at radius 2 is 1.90 bits per heavy atom. The van der Waals surface area contributed by atoms with E-state index >= 15 is 0 Å². The van der Waals surface area contributed by atoms with E-state index in [0.717, 1.165) is 5.56 Å². The van der Waals surface area contributed by atoms with Gasteiger partial charge in [-0.15, -0.1) is 0 Å². The molecule has 1 amide bonds. The molecule has 0 saturated carbocycles. The topological polar surface area (TPSA) is 56.1 Å². The SMILES string of the molecule is C[C@@H]1[C@H](c2ccccc2)C[C@H](NC(=O)OC(C)(C)C)c2ncc(CC(F)(F)F)n21. The number of hydrogen-bond acceptors (Lipinski definition) is 3. The average Bonchev–Trinajstić information content (AvgIpc) is 2.99. The first-order valence-corrected chi connectivity index (χ1v) is 9.62. The molecule has 1 aliphatic rings. The number of nitrogens with one attached hydrogen (secondary N) is 1. The van der Waals surface area contributed by atoms with Crippen LogP contribution in [-0.2, 0) is 11.2 Å². The highest BCUT2D eigenvalue weighted by molar-refractivity contribution is 5.68. The standard InChI is InChI=1S/C21H26F3N3O2/c1-13-16(14-8-6-5-7-9-14)10-17(26-19(28)29-20(2,3)4)18-25-12-15(27(13)18)11-21(22,23)24/h5-9,12-13,16-17H,10-11H2,1-4H3,(H,26,28)/t13-,16-,17+/m1/s1. The highest BCUT2D eigenvalue weighted by Crippen LogP contribution is 2.43. The van der Waals surface area contributed by atoms with Crippen molar-refractivity contribution in [2.45, 2.75) is 70.3 Å². The zero-order valence-corrected chi connectivity index (χ0v) is 17.0. The molecule has 0 spiro atoms. The van der Waals surface area contributed by atoms with Gasteiger partial charge in [-0.25, -0.2) is 9.78 Å². The van der Waals surface area contributed by atoms with Crippen LogP contribution in [0.15, 0.2) is 36.5 Å². The van der Waals surface area contributed by atoms with Gasteiger partial charge in [-0.2, -0.15) is 13.2 Å². The third kappa shape index (κ3) is 5.10. The van der Waals surface area contributed by atoms with Gasteiger partial charge in [0.05, 0.1) is 12.5 Å². The summed E-state index contributed by atoms with van der Waals surface area (Å²) in [7, 11) is 0. The fraction of sp³-hybridized carbons (Fsp3) is 0.524. The van der Waals surface area contributed by atoms with Crippen LogP contribution in [0.2, 0.25) is 0 Å². The van der Waals surface area contributed by atoms with Gasteiger partial charge >= 0.3 is 12.3 Å². The molecule has 2 aromatic rings. The molecule has 0 saturated heterocycles. The Morgan fingerprint density at radius 1 is 1.24 bits per heavy atom. The highest BCUT2D eigenvalue weighted by atomic mass is 19.4. The van der Waals surface area contributed by atoms with Gasteiger partial charge in [-0.05, 0) is 39.7 Å². The minimum atomic E-state index is -4.34. The number of amides is 1. The first-order valence-electron chi connectivity index (χ1n) is 9.62. The first-order chi connectivity index (χ1) is 13.4. The molecule has 0 radical (unpaired) electrons. The van der Waals surface area contributed by atoms with E-state index in [9.17, 15) is 18.0 Å². The lowest BCUT2D eigenvalue weighted by atomic mass is 9.83. The number of alkyl carbamates (subject to hydrolysis) is 1. The van der Waals surface area contributed by atoms with Crippen molar-refractivity contribution in [2.24, 2.45) is 0 Å². The van der Waals surface area contributed by atoms with Crippen molar-refractivity contribution in [1.29, 1.82) is 0 Å². The number of benzene rings is 1. The van der Waals surface area contributed by atoms with Crippen molar-refractivity contribution in [1.82, 2.24) is 14.9 Å². The maximum atomic E-state index is 13.1. The second-order valence-electron chi connectivity index (χ2n) is 8.46. The predicted molar refractivity (Wildman–Crippen MR) is 103 cm³/mol. The maximum absolute atomic E-state index is 13.1. The van der Waals surface area contributed by atoms with Crippen LogP contribution in [-0.4, -0.2) is 27.4 Å². The highest BCUT2D eigenvalue weighted by Gasteiger charge is 2.39. The number of imidazole rings is 1. The minimum Gasteiger partial charge on any atom is -0.444 e. The van der Waals surface area contributed by atoms with E-state index in [2.05, 4.69) is 10.3 Å². The number of aromatic nitrogens is 2. The van der Waals surface area contributed by atoms with E-state index in [4.69, 9.17) is 4.74 Å².